The molecular weight excluding hydrogens is 338 g/mol. The largest absolute Gasteiger partial charge is 0.497 e. The Morgan fingerprint density at radius 3 is 2.30 bits per heavy atom. The molecular formula is C23H31NO3. The summed E-state index contributed by atoms with van der Waals surface area (Å²) in [5.74, 6) is 4.12. The van der Waals surface area contributed by atoms with Crippen LogP contribution in [-0.2, 0) is 4.79 Å². The maximum atomic E-state index is 12.6. The molecule has 4 aliphatic carbocycles. The molecule has 0 aliphatic heterocycles. The van der Waals surface area contributed by atoms with Gasteiger partial charge in [-0.05, 0) is 86.8 Å². The molecule has 0 saturated heterocycles. The number of rotatable bonds is 6. The van der Waals surface area contributed by atoms with E-state index in [0.29, 0.717) is 11.2 Å². The summed E-state index contributed by atoms with van der Waals surface area (Å²) in [4.78, 5) is 12.6. The molecule has 0 aromatic heterocycles. The van der Waals surface area contributed by atoms with Crippen molar-refractivity contribution in [2.45, 2.75) is 51.5 Å². The predicted molar refractivity (Wildman–Crippen MR) is 107 cm³/mol. The molecule has 4 nitrogen and oxygen atoms in total. The van der Waals surface area contributed by atoms with Gasteiger partial charge in [0.25, 0.3) is 0 Å². The molecule has 0 heterocycles. The Kier molecular flexibility index (Phi) is 4.92. The lowest BCUT2D eigenvalue weighted by molar-refractivity contribution is -0.121. The lowest BCUT2D eigenvalue weighted by Gasteiger charge is -2.59. The second-order valence-corrected chi connectivity index (χ2v) is 8.95. The van der Waals surface area contributed by atoms with E-state index in [2.05, 4.69) is 12.2 Å². The van der Waals surface area contributed by atoms with Crippen LogP contribution in [0.3, 0.4) is 0 Å². The van der Waals surface area contributed by atoms with Gasteiger partial charge in [-0.15, -0.1) is 0 Å². The third kappa shape index (κ3) is 3.59. The van der Waals surface area contributed by atoms with Gasteiger partial charge in [0.05, 0.1) is 14.2 Å². The minimum absolute atomic E-state index is 0.0175. The van der Waals surface area contributed by atoms with Crippen LogP contribution in [-0.4, -0.2) is 26.2 Å². The van der Waals surface area contributed by atoms with Crippen LogP contribution in [0.5, 0.6) is 11.5 Å². The highest BCUT2D eigenvalue weighted by Crippen LogP contribution is 2.61. The highest BCUT2D eigenvalue weighted by Gasteiger charge is 2.53. The second-order valence-electron chi connectivity index (χ2n) is 8.95. The van der Waals surface area contributed by atoms with E-state index in [-0.39, 0.29) is 11.9 Å². The highest BCUT2D eigenvalue weighted by molar-refractivity contribution is 5.92. The Labute approximate surface area is 162 Å². The van der Waals surface area contributed by atoms with Gasteiger partial charge in [0, 0.05) is 23.7 Å². The van der Waals surface area contributed by atoms with Crippen LogP contribution in [0.4, 0.5) is 0 Å². The summed E-state index contributed by atoms with van der Waals surface area (Å²) in [6, 6.07) is 5.85. The standard InChI is InChI=1S/C23H31NO3/c1-15(23-12-16-8-17(13-23)10-18(9-16)14-23)24-22(25)7-5-19-4-6-20(26-2)11-21(19)27-3/h4-7,11,15-18H,8-10,12-14H2,1-3H3,(H,24,25)/b7-5+/t15-,16?,17?,18?,23?/m1/s1. The predicted octanol–water partition coefficient (Wildman–Crippen LogP) is 4.44. The molecule has 4 aliphatic rings. The minimum atomic E-state index is -0.0175. The van der Waals surface area contributed by atoms with Crippen LogP contribution in [0, 0.1) is 23.2 Å². The van der Waals surface area contributed by atoms with Crippen molar-refractivity contribution in [1.29, 1.82) is 0 Å². The fourth-order valence-corrected chi connectivity index (χ4v) is 6.24. The van der Waals surface area contributed by atoms with Crippen molar-refractivity contribution in [3.05, 3.63) is 29.8 Å². The molecule has 1 N–H and O–H groups in total. The zero-order valence-electron chi connectivity index (χ0n) is 16.7. The Hall–Kier alpha value is -1.97. The number of amides is 1. The molecule has 0 unspecified atom stereocenters. The van der Waals surface area contributed by atoms with Gasteiger partial charge in [-0.1, -0.05) is 0 Å². The van der Waals surface area contributed by atoms with Crippen molar-refractivity contribution < 1.29 is 14.3 Å². The molecule has 4 heteroatoms. The molecule has 4 fully saturated rings. The van der Waals surface area contributed by atoms with Gasteiger partial charge in [-0.2, -0.15) is 0 Å². The van der Waals surface area contributed by atoms with Gasteiger partial charge in [0.15, 0.2) is 0 Å². The van der Waals surface area contributed by atoms with Crippen LogP contribution < -0.4 is 14.8 Å². The topological polar surface area (TPSA) is 47.6 Å². The summed E-state index contributed by atoms with van der Waals surface area (Å²) in [5, 5.41) is 3.28. The molecule has 5 rings (SSSR count). The molecule has 1 aromatic rings. The normalized spacial score (nSPS) is 32.5. The summed E-state index contributed by atoms with van der Waals surface area (Å²) in [5.41, 5.74) is 1.20. The maximum absolute atomic E-state index is 12.6. The van der Waals surface area contributed by atoms with E-state index in [1.165, 1.54) is 38.5 Å². The van der Waals surface area contributed by atoms with Crippen LogP contribution in [0.2, 0.25) is 0 Å². The van der Waals surface area contributed by atoms with Crippen molar-refractivity contribution in [2.75, 3.05) is 14.2 Å². The SMILES string of the molecule is COc1ccc(/C=C/C(=O)N[C@H](C)C23CC4CC(CC(C4)C2)C3)c(OC)c1. The van der Waals surface area contributed by atoms with Crippen LogP contribution in [0.1, 0.15) is 51.0 Å². The smallest absolute Gasteiger partial charge is 0.244 e. The molecule has 0 radical (unpaired) electrons. The van der Waals surface area contributed by atoms with Crippen molar-refractivity contribution in [3.63, 3.8) is 0 Å². The summed E-state index contributed by atoms with van der Waals surface area (Å²) < 4.78 is 10.6. The number of ether oxygens (including phenoxy) is 2. The quantitative estimate of drug-likeness (QED) is 0.754. The lowest BCUT2D eigenvalue weighted by Crippen LogP contribution is -2.55. The van der Waals surface area contributed by atoms with Crippen molar-refractivity contribution in [3.8, 4) is 11.5 Å². The molecule has 1 amide bonds. The number of benzene rings is 1. The van der Waals surface area contributed by atoms with Crippen molar-refractivity contribution in [2.24, 2.45) is 23.2 Å². The van der Waals surface area contributed by atoms with Crippen LogP contribution >= 0.6 is 0 Å². The first-order valence-electron chi connectivity index (χ1n) is 10.2. The third-order valence-electron chi connectivity index (χ3n) is 7.22. The zero-order chi connectivity index (χ0) is 19.0. The molecule has 0 spiro atoms. The van der Waals surface area contributed by atoms with E-state index in [4.69, 9.17) is 9.47 Å². The molecule has 4 bridgehead atoms. The van der Waals surface area contributed by atoms with Gasteiger partial charge >= 0.3 is 0 Å². The van der Waals surface area contributed by atoms with Crippen molar-refractivity contribution in [1.82, 2.24) is 5.32 Å². The minimum Gasteiger partial charge on any atom is -0.497 e. The van der Waals surface area contributed by atoms with Crippen LogP contribution in [0.25, 0.3) is 6.08 Å². The summed E-state index contributed by atoms with van der Waals surface area (Å²) in [6.07, 6.45) is 11.6. The first-order chi connectivity index (χ1) is 13.0. The summed E-state index contributed by atoms with van der Waals surface area (Å²) >= 11 is 0. The Morgan fingerprint density at radius 1 is 1.11 bits per heavy atom. The Morgan fingerprint density at radius 2 is 1.74 bits per heavy atom. The molecule has 4 saturated carbocycles. The zero-order valence-corrected chi connectivity index (χ0v) is 16.7. The van der Waals surface area contributed by atoms with E-state index in [9.17, 15) is 4.79 Å². The Balaban J connectivity index is 1.41. The lowest BCUT2D eigenvalue weighted by atomic mass is 9.48. The van der Waals surface area contributed by atoms with Gasteiger partial charge in [-0.3, -0.25) is 4.79 Å². The molecule has 27 heavy (non-hydrogen) atoms. The van der Waals surface area contributed by atoms with Crippen LogP contribution in [0.15, 0.2) is 24.3 Å². The van der Waals surface area contributed by atoms with Gasteiger partial charge in [-0.25, -0.2) is 0 Å². The number of methoxy groups -OCH3 is 2. The third-order valence-corrected chi connectivity index (χ3v) is 7.22. The highest BCUT2D eigenvalue weighted by atomic mass is 16.5. The van der Waals surface area contributed by atoms with Gasteiger partial charge in [0.1, 0.15) is 11.5 Å². The number of carbonyl (C=O) groups excluding carboxylic acids is 1. The molecule has 1 atom stereocenters. The first-order valence-corrected chi connectivity index (χ1v) is 10.2. The van der Waals surface area contributed by atoms with E-state index in [1.807, 2.05) is 24.3 Å². The monoisotopic (exact) mass is 369 g/mol. The van der Waals surface area contributed by atoms with E-state index < -0.39 is 0 Å². The average molecular weight is 370 g/mol. The first kappa shape index (κ1) is 18.4. The van der Waals surface area contributed by atoms with Gasteiger partial charge in [0.2, 0.25) is 5.91 Å². The van der Waals surface area contributed by atoms with Crippen molar-refractivity contribution >= 4 is 12.0 Å². The Bertz CT molecular complexity index is 704. The number of hydrogen-bond acceptors (Lipinski definition) is 3. The molecule has 1 aromatic carbocycles. The fraction of sp³-hybridized carbons (Fsp3) is 0.609. The average Bonchev–Trinajstić information content (AvgIpc) is 2.65. The second kappa shape index (κ2) is 7.21. The number of hydrogen-bond donors (Lipinski definition) is 1. The maximum Gasteiger partial charge on any atom is 0.244 e. The number of nitrogens with one attached hydrogen (secondary N) is 1. The fourth-order valence-electron chi connectivity index (χ4n) is 6.24. The van der Waals surface area contributed by atoms with E-state index in [0.717, 1.165) is 29.1 Å². The van der Waals surface area contributed by atoms with Gasteiger partial charge < -0.3 is 14.8 Å². The van der Waals surface area contributed by atoms with E-state index >= 15 is 0 Å². The van der Waals surface area contributed by atoms with E-state index in [1.54, 1.807) is 20.3 Å². The summed E-state index contributed by atoms with van der Waals surface area (Å²) in [7, 11) is 3.25. The molecule has 146 valence electrons. The summed E-state index contributed by atoms with van der Waals surface area (Å²) in [6.45, 7) is 2.22. The number of carbonyl (C=O) groups is 1.